The fraction of sp³-hybridized carbons (Fsp3) is 0.182. The minimum absolute atomic E-state index is 0.0402. The third-order valence-corrected chi connectivity index (χ3v) is 7.78. The van der Waals surface area contributed by atoms with E-state index in [1.54, 1.807) is 14.2 Å². The fourth-order valence-electron chi connectivity index (χ4n) is 5.95. The summed E-state index contributed by atoms with van der Waals surface area (Å²) in [7, 11) is 5.43. The van der Waals surface area contributed by atoms with Crippen molar-refractivity contribution in [2.75, 3.05) is 14.2 Å². The highest BCUT2D eigenvalue weighted by atomic mass is 16.5. The quantitative estimate of drug-likeness (QED) is 0.247. The molecular weight excluding hydrogens is 472 g/mol. The summed E-state index contributed by atoms with van der Waals surface area (Å²) in [6.45, 7) is 2.11. The van der Waals surface area contributed by atoms with E-state index in [9.17, 15) is 4.79 Å². The lowest BCUT2D eigenvalue weighted by Gasteiger charge is -2.33. The van der Waals surface area contributed by atoms with Crippen molar-refractivity contribution < 1.29 is 14.3 Å². The molecule has 5 nitrogen and oxygen atoms in total. The van der Waals surface area contributed by atoms with E-state index >= 15 is 0 Å². The van der Waals surface area contributed by atoms with Crippen LogP contribution in [-0.4, -0.2) is 29.6 Å². The highest BCUT2D eigenvalue weighted by molar-refractivity contribution is 6.03. The molecule has 0 N–H and O–H groups in total. The molecule has 190 valence electrons. The van der Waals surface area contributed by atoms with Crippen LogP contribution in [0, 0.1) is 0 Å². The van der Waals surface area contributed by atoms with Crippen molar-refractivity contribution in [3.63, 3.8) is 0 Å². The first-order valence-corrected chi connectivity index (χ1v) is 12.8. The standard InChI is InChI=1S/C33H30N2O3/c1-21(22-12-6-5-7-13-22)35-32(24-14-8-9-15-25(24)33(35)36)30-26-16-10-11-17-28(26)34(2)31(30)27-20-23(37-3)18-19-29(27)38-4/h5-21,32H,1-4H3. The van der Waals surface area contributed by atoms with Gasteiger partial charge < -0.3 is 18.9 Å². The maximum absolute atomic E-state index is 14.1. The number of hydrogen-bond donors (Lipinski definition) is 0. The molecule has 0 aliphatic carbocycles. The zero-order chi connectivity index (χ0) is 26.4. The highest BCUT2D eigenvalue weighted by Gasteiger charge is 2.43. The summed E-state index contributed by atoms with van der Waals surface area (Å²) < 4.78 is 13.7. The van der Waals surface area contributed by atoms with Crippen molar-refractivity contribution in [3.05, 3.63) is 119 Å². The topological polar surface area (TPSA) is 43.7 Å². The maximum Gasteiger partial charge on any atom is 0.255 e. The van der Waals surface area contributed by atoms with Crippen molar-refractivity contribution in [3.8, 4) is 22.8 Å². The van der Waals surface area contributed by atoms with E-state index in [0.717, 1.165) is 55.9 Å². The summed E-state index contributed by atoms with van der Waals surface area (Å²) in [6, 6.07) is 32.1. The Morgan fingerprint density at radius 3 is 2.26 bits per heavy atom. The Morgan fingerprint density at radius 2 is 1.50 bits per heavy atom. The molecule has 1 aliphatic rings. The van der Waals surface area contributed by atoms with E-state index in [1.165, 1.54) is 0 Å². The van der Waals surface area contributed by atoms with Crippen LogP contribution in [-0.2, 0) is 7.05 Å². The zero-order valence-electron chi connectivity index (χ0n) is 22.0. The van der Waals surface area contributed by atoms with Crippen LogP contribution < -0.4 is 9.47 Å². The van der Waals surface area contributed by atoms with Gasteiger partial charge in [-0.3, -0.25) is 4.79 Å². The van der Waals surface area contributed by atoms with Gasteiger partial charge in [0.1, 0.15) is 11.5 Å². The molecule has 2 heterocycles. The number of ether oxygens (including phenoxy) is 2. The van der Waals surface area contributed by atoms with Crippen LogP contribution in [0.2, 0.25) is 0 Å². The number of hydrogen-bond acceptors (Lipinski definition) is 3. The van der Waals surface area contributed by atoms with Gasteiger partial charge in [0, 0.05) is 34.6 Å². The maximum atomic E-state index is 14.1. The largest absolute Gasteiger partial charge is 0.497 e. The molecule has 4 aromatic carbocycles. The average Bonchev–Trinajstić information content (AvgIpc) is 3.43. The Kier molecular flexibility index (Phi) is 5.91. The summed E-state index contributed by atoms with van der Waals surface area (Å²) in [4.78, 5) is 16.1. The summed E-state index contributed by atoms with van der Waals surface area (Å²) >= 11 is 0. The second-order valence-corrected chi connectivity index (χ2v) is 9.69. The van der Waals surface area contributed by atoms with Crippen LogP contribution in [0.4, 0.5) is 0 Å². The summed E-state index contributed by atoms with van der Waals surface area (Å²) in [5.41, 5.74) is 6.95. The van der Waals surface area contributed by atoms with Crippen molar-refractivity contribution >= 4 is 16.8 Å². The minimum Gasteiger partial charge on any atom is -0.497 e. The van der Waals surface area contributed by atoms with E-state index in [4.69, 9.17) is 9.47 Å². The van der Waals surface area contributed by atoms with Gasteiger partial charge in [-0.05, 0) is 48.4 Å². The number of aryl methyl sites for hydroxylation is 1. The molecule has 38 heavy (non-hydrogen) atoms. The van der Waals surface area contributed by atoms with Crippen molar-refractivity contribution in [1.29, 1.82) is 0 Å². The number of para-hydroxylation sites is 1. The molecule has 0 saturated heterocycles. The zero-order valence-corrected chi connectivity index (χ0v) is 22.0. The molecule has 1 aliphatic heterocycles. The second kappa shape index (κ2) is 9.42. The number of aromatic nitrogens is 1. The average molecular weight is 503 g/mol. The van der Waals surface area contributed by atoms with E-state index in [1.807, 2.05) is 59.5 Å². The number of carbonyl (C=O) groups is 1. The van der Waals surface area contributed by atoms with Crippen LogP contribution in [0.1, 0.15) is 46.1 Å². The van der Waals surface area contributed by atoms with Gasteiger partial charge in [0.15, 0.2) is 0 Å². The van der Waals surface area contributed by atoms with E-state index < -0.39 is 0 Å². The molecule has 1 aromatic heterocycles. The van der Waals surface area contributed by atoms with Crippen molar-refractivity contribution in [2.45, 2.75) is 19.0 Å². The summed E-state index contributed by atoms with van der Waals surface area (Å²) in [5.74, 6) is 1.53. The predicted octanol–water partition coefficient (Wildman–Crippen LogP) is 7.17. The van der Waals surface area contributed by atoms with Gasteiger partial charge >= 0.3 is 0 Å². The molecule has 1 amide bonds. The van der Waals surface area contributed by atoms with Gasteiger partial charge in [0.05, 0.1) is 32.0 Å². The lowest BCUT2D eigenvalue weighted by molar-refractivity contribution is 0.0678. The lowest BCUT2D eigenvalue weighted by atomic mass is 9.92. The summed E-state index contributed by atoms with van der Waals surface area (Å²) in [6.07, 6.45) is 0. The van der Waals surface area contributed by atoms with Gasteiger partial charge in [-0.25, -0.2) is 0 Å². The Bertz CT molecular complexity index is 1650. The minimum atomic E-state index is -0.286. The molecule has 5 heteroatoms. The predicted molar refractivity (Wildman–Crippen MR) is 151 cm³/mol. The SMILES string of the molecule is COc1ccc(OC)c(-c2c(C3c4ccccc4C(=O)N3C(C)c3ccccc3)c3ccccc3n2C)c1. The molecule has 0 saturated carbocycles. The van der Waals surface area contributed by atoms with Crippen LogP contribution in [0.3, 0.4) is 0 Å². The number of carbonyl (C=O) groups excluding carboxylic acids is 1. The summed E-state index contributed by atoms with van der Waals surface area (Å²) in [5, 5.41) is 1.11. The van der Waals surface area contributed by atoms with Gasteiger partial charge in [0.2, 0.25) is 0 Å². The molecule has 0 fully saturated rings. The molecule has 5 aromatic rings. The number of methoxy groups -OCH3 is 2. The number of benzene rings is 4. The molecule has 0 spiro atoms. The van der Waals surface area contributed by atoms with Crippen LogP contribution in [0.15, 0.2) is 97.1 Å². The first-order chi connectivity index (χ1) is 18.5. The molecule has 0 radical (unpaired) electrons. The van der Waals surface area contributed by atoms with Crippen LogP contribution in [0.25, 0.3) is 22.2 Å². The van der Waals surface area contributed by atoms with Crippen LogP contribution in [0.5, 0.6) is 11.5 Å². The van der Waals surface area contributed by atoms with Gasteiger partial charge in [0.25, 0.3) is 5.91 Å². The van der Waals surface area contributed by atoms with Gasteiger partial charge in [-0.15, -0.1) is 0 Å². The van der Waals surface area contributed by atoms with Crippen molar-refractivity contribution in [2.24, 2.45) is 7.05 Å². The first-order valence-electron chi connectivity index (χ1n) is 12.8. The number of amides is 1. The lowest BCUT2D eigenvalue weighted by Crippen LogP contribution is -2.32. The fourth-order valence-corrected chi connectivity index (χ4v) is 5.95. The molecule has 2 atom stereocenters. The van der Waals surface area contributed by atoms with Gasteiger partial charge in [-0.2, -0.15) is 0 Å². The molecule has 2 unspecified atom stereocenters. The van der Waals surface area contributed by atoms with Crippen molar-refractivity contribution in [1.82, 2.24) is 9.47 Å². The van der Waals surface area contributed by atoms with Gasteiger partial charge in [-0.1, -0.05) is 66.7 Å². The van der Waals surface area contributed by atoms with Crippen LogP contribution >= 0.6 is 0 Å². The number of nitrogens with zero attached hydrogens (tertiary/aromatic N) is 2. The Balaban J connectivity index is 1.69. The van der Waals surface area contributed by atoms with E-state index in [2.05, 4.69) is 61.0 Å². The molecule has 6 rings (SSSR count). The third kappa shape index (κ3) is 3.58. The smallest absolute Gasteiger partial charge is 0.255 e. The Labute approximate surface area is 222 Å². The Morgan fingerprint density at radius 1 is 0.789 bits per heavy atom. The van der Waals surface area contributed by atoms with E-state index in [0.29, 0.717) is 0 Å². The normalized spacial score (nSPS) is 15.5. The van der Waals surface area contributed by atoms with E-state index in [-0.39, 0.29) is 18.0 Å². The second-order valence-electron chi connectivity index (χ2n) is 9.69. The first kappa shape index (κ1) is 23.9. The number of rotatable bonds is 6. The highest BCUT2D eigenvalue weighted by Crippen LogP contribution is 2.50. The molecule has 0 bridgehead atoms. The number of fused-ring (bicyclic) bond motifs is 2. The molecular formula is C33H30N2O3. The monoisotopic (exact) mass is 502 g/mol. The Hall–Kier alpha value is -4.51. The third-order valence-electron chi connectivity index (χ3n) is 7.78.